The Morgan fingerprint density at radius 2 is 2.04 bits per heavy atom. The van der Waals surface area contributed by atoms with Crippen LogP contribution in [0.15, 0.2) is 22.8 Å². The zero-order valence-electron chi connectivity index (χ0n) is 16.6. The highest BCUT2D eigenvalue weighted by atomic mass is 35.5. The van der Waals surface area contributed by atoms with Crippen molar-refractivity contribution in [1.82, 2.24) is 30.0 Å². The van der Waals surface area contributed by atoms with Crippen molar-refractivity contribution >= 4 is 5.91 Å². The summed E-state index contributed by atoms with van der Waals surface area (Å²) < 4.78 is 12.2. The average Bonchev–Trinajstić information content (AvgIpc) is 3.35. The molecule has 2 aromatic rings. The first-order chi connectivity index (χ1) is 13.1. The van der Waals surface area contributed by atoms with E-state index in [1.54, 1.807) is 19.2 Å². The van der Waals surface area contributed by atoms with Crippen molar-refractivity contribution in [3.63, 3.8) is 0 Å². The summed E-state index contributed by atoms with van der Waals surface area (Å²) in [5.41, 5.74) is 0. The van der Waals surface area contributed by atoms with E-state index in [1.807, 2.05) is 9.58 Å². The first-order valence-electron chi connectivity index (χ1n) is 9.42. The lowest BCUT2D eigenvalue weighted by molar-refractivity contribution is -0.0000169. The predicted octanol–water partition coefficient (Wildman–Crippen LogP) is -1.54. The van der Waals surface area contributed by atoms with Gasteiger partial charge in [-0.25, -0.2) is 4.68 Å². The van der Waals surface area contributed by atoms with Crippen LogP contribution < -0.4 is 12.4 Å². The zero-order chi connectivity index (χ0) is 19.2. The van der Waals surface area contributed by atoms with Gasteiger partial charge in [-0.3, -0.25) is 9.69 Å². The van der Waals surface area contributed by atoms with Crippen LogP contribution in [-0.2, 0) is 11.3 Å². The number of amides is 1. The fourth-order valence-electron chi connectivity index (χ4n) is 3.44. The SMILES string of the molecule is COCCn1nnnc1C(CC(C)C)N1CCN(C(=O)c2ccco2)CC1.[Cl-]. The van der Waals surface area contributed by atoms with Crippen molar-refractivity contribution in [2.45, 2.75) is 32.9 Å². The Hall–Kier alpha value is -1.97. The van der Waals surface area contributed by atoms with Crippen LogP contribution in [0.2, 0.25) is 0 Å². The van der Waals surface area contributed by atoms with E-state index in [-0.39, 0.29) is 24.4 Å². The topological polar surface area (TPSA) is 89.5 Å². The summed E-state index contributed by atoms with van der Waals surface area (Å²) in [6, 6.07) is 3.57. The highest BCUT2D eigenvalue weighted by Crippen LogP contribution is 2.27. The summed E-state index contributed by atoms with van der Waals surface area (Å²) in [6.07, 6.45) is 2.49. The molecule has 2 aromatic heterocycles. The van der Waals surface area contributed by atoms with Crippen LogP contribution in [0.3, 0.4) is 0 Å². The number of furan rings is 1. The molecule has 0 aliphatic carbocycles. The van der Waals surface area contributed by atoms with Crippen molar-refractivity contribution < 1.29 is 26.4 Å². The van der Waals surface area contributed by atoms with E-state index in [2.05, 4.69) is 34.3 Å². The minimum Gasteiger partial charge on any atom is -1.00 e. The standard InChI is InChI=1S/C18H28N6O3.ClH/c1-14(2)13-15(17-19-20-21-24(17)10-12-26-3)22-6-8-23(9-7-22)18(25)16-5-4-11-27-16;/h4-5,11,14-15H,6-10,12-13H2,1-3H3;1H/p-1. The van der Waals surface area contributed by atoms with Crippen molar-refractivity contribution in [1.29, 1.82) is 0 Å². The van der Waals surface area contributed by atoms with Crippen molar-refractivity contribution in [2.24, 2.45) is 5.92 Å². The molecule has 0 spiro atoms. The molecule has 1 aliphatic heterocycles. The van der Waals surface area contributed by atoms with E-state index in [1.165, 1.54) is 6.26 Å². The van der Waals surface area contributed by atoms with Crippen LogP contribution in [0.1, 0.15) is 42.7 Å². The quantitative estimate of drug-likeness (QED) is 0.520. The Labute approximate surface area is 171 Å². The number of halogens is 1. The van der Waals surface area contributed by atoms with Gasteiger partial charge in [0, 0.05) is 33.3 Å². The molecule has 9 nitrogen and oxygen atoms in total. The van der Waals surface area contributed by atoms with Crippen LogP contribution >= 0.6 is 0 Å². The summed E-state index contributed by atoms with van der Waals surface area (Å²) in [5, 5.41) is 12.3. The predicted molar refractivity (Wildman–Crippen MR) is 98.1 cm³/mol. The number of rotatable bonds is 8. The average molecular weight is 412 g/mol. The number of carbonyl (C=O) groups is 1. The molecule has 3 heterocycles. The van der Waals surface area contributed by atoms with Crippen LogP contribution in [-0.4, -0.2) is 75.8 Å². The monoisotopic (exact) mass is 411 g/mol. The third-order valence-electron chi connectivity index (χ3n) is 4.83. The van der Waals surface area contributed by atoms with Gasteiger partial charge in [0.25, 0.3) is 5.91 Å². The van der Waals surface area contributed by atoms with Gasteiger partial charge in [0.2, 0.25) is 0 Å². The molecular weight excluding hydrogens is 384 g/mol. The number of piperazine rings is 1. The van der Waals surface area contributed by atoms with Gasteiger partial charge in [-0.15, -0.1) is 5.10 Å². The molecule has 10 heteroatoms. The van der Waals surface area contributed by atoms with Crippen molar-refractivity contribution in [2.75, 3.05) is 39.9 Å². The van der Waals surface area contributed by atoms with Crippen molar-refractivity contribution in [3.05, 3.63) is 30.0 Å². The molecule has 28 heavy (non-hydrogen) atoms. The van der Waals surface area contributed by atoms with E-state index >= 15 is 0 Å². The maximum atomic E-state index is 12.5. The molecule has 1 fully saturated rings. The second-order valence-electron chi connectivity index (χ2n) is 7.20. The first-order valence-corrected chi connectivity index (χ1v) is 9.42. The number of carbonyl (C=O) groups excluding carboxylic acids is 1. The third kappa shape index (κ3) is 5.30. The lowest BCUT2D eigenvalue weighted by atomic mass is 10.0. The van der Waals surface area contributed by atoms with Crippen LogP contribution in [0.5, 0.6) is 0 Å². The Balaban J connectivity index is 0.00000280. The lowest BCUT2D eigenvalue weighted by Crippen LogP contribution is -3.00. The van der Waals surface area contributed by atoms with Gasteiger partial charge < -0.3 is 26.5 Å². The van der Waals surface area contributed by atoms with Gasteiger partial charge in [-0.05, 0) is 34.9 Å². The molecule has 0 aromatic carbocycles. The third-order valence-corrected chi connectivity index (χ3v) is 4.83. The molecule has 1 unspecified atom stereocenters. The summed E-state index contributed by atoms with van der Waals surface area (Å²) in [5.74, 6) is 1.72. The number of aromatic nitrogens is 4. The number of hydrogen-bond acceptors (Lipinski definition) is 7. The number of ether oxygens (including phenoxy) is 1. The van der Waals surface area contributed by atoms with E-state index in [4.69, 9.17) is 9.15 Å². The highest BCUT2D eigenvalue weighted by molar-refractivity contribution is 5.91. The maximum Gasteiger partial charge on any atom is 0.289 e. The summed E-state index contributed by atoms with van der Waals surface area (Å²) in [4.78, 5) is 16.7. The van der Waals surface area contributed by atoms with Gasteiger partial charge in [0.05, 0.1) is 25.5 Å². The molecule has 0 bridgehead atoms. The van der Waals surface area contributed by atoms with Gasteiger partial charge in [-0.2, -0.15) is 0 Å². The Kier molecular flexibility index (Phi) is 8.40. The zero-order valence-corrected chi connectivity index (χ0v) is 17.4. The normalized spacial score (nSPS) is 16.2. The molecule has 0 N–H and O–H groups in total. The molecular formula is C18H28ClN6O3-. The van der Waals surface area contributed by atoms with Gasteiger partial charge in [0.15, 0.2) is 11.6 Å². The second kappa shape index (κ2) is 10.5. The van der Waals surface area contributed by atoms with E-state index in [9.17, 15) is 4.79 Å². The van der Waals surface area contributed by atoms with E-state index in [0.29, 0.717) is 37.9 Å². The molecule has 1 saturated heterocycles. The Bertz CT molecular complexity index is 713. The summed E-state index contributed by atoms with van der Waals surface area (Å²) >= 11 is 0. The summed E-state index contributed by atoms with van der Waals surface area (Å²) in [7, 11) is 1.67. The van der Waals surface area contributed by atoms with Crippen LogP contribution in [0.4, 0.5) is 0 Å². The molecule has 1 aliphatic rings. The minimum atomic E-state index is -0.0509. The molecule has 0 radical (unpaired) electrons. The fraction of sp³-hybridized carbons (Fsp3) is 0.667. The van der Waals surface area contributed by atoms with E-state index in [0.717, 1.165) is 25.3 Å². The minimum absolute atomic E-state index is 0. The Morgan fingerprint density at radius 1 is 1.29 bits per heavy atom. The number of hydrogen-bond donors (Lipinski definition) is 0. The van der Waals surface area contributed by atoms with Gasteiger partial charge in [-0.1, -0.05) is 13.8 Å². The van der Waals surface area contributed by atoms with E-state index < -0.39 is 0 Å². The number of nitrogens with zero attached hydrogens (tertiary/aromatic N) is 6. The lowest BCUT2D eigenvalue weighted by Gasteiger charge is -2.39. The van der Waals surface area contributed by atoms with Crippen molar-refractivity contribution in [3.8, 4) is 0 Å². The molecule has 0 saturated carbocycles. The second-order valence-corrected chi connectivity index (χ2v) is 7.20. The number of tetrazole rings is 1. The van der Waals surface area contributed by atoms with Gasteiger partial charge >= 0.3 is 0 Å². The molecule has 156 valence electrons. The smallest absolute Gasteiger partial charge is 0.289 e. The molecule has 3 rings (SSSR count). The fourth-order valence-corrected chi connectivity index (χ4v) is 3.44. The summed E-state index contributed by atoms with van der Waals surface area (Å²) in [6.45, 7) is 8.48. The van der Waals surface area contributed by atoms with Gasteiger partial charge in [0.1, 0.15) is 0 Å². The van der Waals surface area contributed by atoms with Crippen LogP contribution in [0, 0.1) is 5.92 Å². The maximum absolute atomic E-state index is 12.5. The Morgan fingerprint density at radius 3 is 2.64 bits per heavy atom. The highest BCUT2D eigenvalue weighted by Gasteiger charge is 2.31. The molecule has 1 amide bonds. The molecule has 1 atom stereocenters. The first kappa shape index (κ1) is 22.3. The number of methoxy groups -OCH3 is 1. The van der Waals surface area contributed by atoms with Crippen LogP contribution in [0.25, 0.3) is 0 Å². The largest absolute Gasteiger partial charge is 1.00 e.